The van der Waals surface area contributed by atoms with Crippen molar-refractivity contribution in [1.29, 1.82) is 0 Å². The van der Waals surface area contributed by atoms with Crippen LogP contribution in [0.4, 0.5) is 5.69 Å². The minimum atomic E-state index is 0.407. The normalized spacial score (nSPS) is 15.5. The number of aromatic nitrogens is 1. The van der Waals surface area contributed by atoms with Crippen LogP contribution in [0.15, 0.2) is 23.3 Å². The molecule has 6 heteroatoms. The Morgan fingerprint density at radius 2 is 2.41 bits per heavy atom. The zero-order chi connectivity index (χ0) is 12.1. The minimum absolute atomic E-state index is 0.407. The molecule has 0 unspecified atom stereocenters. The average Bonchev–Trinajstić information content (AvgIpc) is 3.15. The van der Waals surface area contributed by atoms with E-state index in [0.29, 0.717) is 24.5 Å². The van der Waals surface area contributed by atoms with E-state index in [1.54, 1.807) is 12.3 Å². The Kier molecular flexibility index (Phi) is 3.77. The lowest BCUT2D eigenvalue weighted by Crippen LogP contribution is -2.36. The molecule has 1 saturated carbocycles. The molecule has 17 heavy (non-hydrogen) atoms. The molecule has 0 bridgehead atoms. The maximum Gasteiger partial charge on any atom is 0.213 e. The molecule has 0 spiro atoms. The summed E-state index contributed by atoms with van der Waals surface area (Å²) in [5.41, 5.74) is 3.37. The highest BCUT2D eigenvalue weighted by molar-refractivity contribution is 5.93. The van der Waals surface area contributed by atoms with E-state index in [1.165, 1.54) is 0 Å². The number of rotatable bonds is 4. The van der Waals surface area contributed by atoms with Crippen molar-refractivity contribution in [3.8, 4) is 5.88 Å². The second kappa shape index (κ2) is 5.49. The van der Waals surface area contributed by atoms with Crippen LogP contribution < -0.4 is 21.3 Å². The van der Waals surface area contributed by atoms with E-state index < -0.39 is 0 Å². The number of nitrogens with zero attached hydrogens (tertiary/aromatic N) is 2. The first-order chi connectivity index (χ1) is 8.31. The highest BCUT2D eigenvalue weighted by Gasteiger charge is 2.20. The predicted octanol–water partition coefficient (Wildman–Crippen LogP) is 0.874. The second-order valence-electron chi connectivity index (χ2n) is 3.80. The predicted molar refractivity (Wildman–Crippen MR) is 66.8 cm³/mol. The molecule has 0 radical (unpaired) electrons. The third-order valence-corrected chi connectivity index (χ3v) is 2.29. The minimum Gasteiger partial charge on any atom is -0.478 e. The summed E-state index contributed by atoms with van der Waals surface area (Å²) in [5.74, 6) is 6.56. The fraction of sp³-hybridized carbons (Fsp3) is 0.455. The number of hydrogen-bond acceptors (Lipinski definition) is 4. The maximum atomic E-state index is 5.39. The van der Waals surface area contributed by atoms with Gasteiger partial charge in [0.1, 0.15) is 0 Å². The van der Waals surface area contributed by atoms with E-state index in [9.17, 15) is 0 Å². The average molecular weight is 235 g/mol. The van der Waals surface area contributed by atoms with Crippen LogP contribution in [0.25, 0.3) is 0 Å². The van der Waals surface area contributed by atoms with E-state index in [0.717, 1.165) is 18.5 Å². The van der Waals surface area contributed by atoms with Crippen molar-refractivity contribution in [1.82, 2.24) is 10.4 Å². The topological polar surface area (TPSA) is 84.6 Å². The van der Waals surface area contributed by atoms with Crippen LogP contribution in [0.3, 0.4) is 0 Å². The molecule has 0 saturated heterocycles. The number of guanidine groups is 1. The zero-order valence-electron chi connectivity index (χ0n) is 9.81. The van der Waals surface area contributed by atoms with Gasteiger partial charge in [-0.1, -0.05) is 0 Å². The quantitative estimate of drug-likeness (QED) is 0.312. The van der Waals surface area contributed by atoms with Crippen LogP contribution >= 0.6 is 0 Å². The van der Waals surface area contributed by atoms with Crippen LogP contribution in [-0.4, -0.2) is 23.6 Å². The van der Waals surface area contributed by atoms with Crippen molar-refractivity contribution in [2.24, 2.45) is 10.8 Å². The van der Waals surface area contributed by atoms with Gasteiger partial charge >= 0.3 is 0 Å². The molecule has 1 aliphatic rings. The standard InChI is InChI=1S/C11H17N5O/c1-2-17-10-6-5-9(7-13-10)15-11(16-12)14-8-3-4-8/h5-8H,2-4,12H2,1H3,(H2,14,15,16). The molecule has 0 amide bonds. The largest absolute Gasteiger partial charge is 0.478 e. The molecular formula is C11H17N5O. The second-order valence-corrected chi connectivity index (χ2v) is 3.80. The number of pyridine rings is 1. The molecule has 1 aromatic rings. The first-order valence-corrected chi connectivity index (χ1v) is 5.72. The van der Waals surface area contributed by atoms with E-state index in [1.807, 2.05) is 13.0 Å². The van der Waals surface area contributed by atoms with Crippen molar-refractivity contribution in [2.45, 2.75) is 25.8 Å². The molecule has 1 aromatic heterocycles. The molecule has 6 nitrogen and oxygen atoms in total. The van der Waals surface area contributed by atoms with E-state index in [4.69, 9.17) is 10.6 Å². The smallest absolute Gasteiger partial charge is 0.213 e. The highest BCUT2D eigenvalue weighted by Crippen LogP contribution is 2.23. The Morgan fingerprint density at radius 3 is 2.94 bits per heavy atom. The number of hydrazine groups is 1. The van der Waals surface area contributed by atoms with Gasteiger partial charge in [-0.05, 0) is 25.8 Å². The lowest BCUT2D eigenvalue weighted by molar-refractivity contribution is 0.327. The van der Waals surface area contributed by atoms with Crippen LogP contribution in [0, 0.1) is 0 Å². The lowest BCUT2D eigenvalue weighted by Gasteiger charge is -2.09. The summed E-state index contributed by atoms with van der Waals surface area (Å²) in [7, 11) is 0. The molecule has 0 aliphatic heterocycles. The summed E-state index contributed by atoms with van der Waals surface area (Å²) in [6.07, 6.45) is 3.95. The molecule has 92 valence electrons. The van der Waals surface area contributed by atoms with Gasteiger partial charge in [0.25, 0.3) is 0 Å². The van der Waals surface area contributed by atoms with Crippen LogP contribution in [0.2, 0.25) is 0 Å². The third kappa shape index (κ3) is 3.60. The van der Waals surface area contributed by atoms with Gasteiger partial charge in [-0.3, -0.25) is 5.43 Å². The Hall–Kier alpha value is -1.82. The molecule has 1 aliphatic carbocycles. The highest BCUT2D eigenvalue weighted by atomic mass is 16.5. The summed E-state index contributed by atoms with van der Waals surface area (Å²) < 4.78 is 5.26. The summed E-state index contributed by atoms with van der Waals surface area (Å²) >= 11 is 0. The van der Waals surface area contributed by atoms with Gasteiger partial charge in [-0.15, -0.1) is 0 Å². The van der Waals surface area contributed by atoms with Crippen molar-refractivity contribution in [3.05, 3.63) is 18.3 Å². The Morgan fingerprint density at radius 1 is 1.59 bits per heavy atom. The number of anilines is 1. The van der Waals surface area contributed by atoms with Crippen LogP contribution in [0.1, 0.15) is 19.8 Å². The molecule has 1 fully saturated rings. The zero-order valence-corrected chi connectivity index (χ0v) is 9.81. The van der Waals surface area contributed by atoms with Crippen molar-refractivity contribution >= 4 is 11.6 Å². The number of nitrogens with one attached hydrogen (secondary N) is 2. The number of ether oxygens (including phenoxy) is 1. The summed E-state index contributed by atoms with van der Waals surface area (Å²) in [6.45, 7) is 2.53. The van der Waals surface area contributed by atoms with E-state index in [2.05, 4.69) is 20.7 Å². The van der Waals surface area contributed by atoms with Gasteiger partial charge in [-0.25, -0.2) is 15.8 Å². The fourth-order valence-corrected chi connectivity index (χ4v) is 1.32. The van der Waals surface area contributed by atoms with E-state index >= 15 is 0 Å². The third-order valence-electron chi connectivity index (χ3n) is 2.29. The number of aliphatic imine (C=N–C) groups is 1. The monoisotopic (exact) mass is 235 g/mol. The number of nitrogens with two attached hydrogens (primary N) is 1. The molecule has 2 rings (SSSR count). The lowest BCUT2D eigenvalue weighted by atomic mass is 10.4. The summed E-state index contributed by atoms with van der Waals surface area (Å²) in [6, 6.07) is 4.08. The molecule has 0 aromatic carbocycles. The maximum absolute atomic E-state index is 5.39. The van der Waals surface area contributed by atoms with Crippen LogP contribution in [0.5, 0.6) is 5.88 Å². The van der Waals surface area contributed by atoms with Gasteiger partial charge in [0, 0.05) is 6.07 Å². The van der Waals surface area contributed by atoms with E-state index in [-0.39, 0.29) is 0 Å². The van der Waals surface area contributed by atoms with Gasteiger partial charge in [0.2, 0.25) is 11.8 Å². The summed E-state index contributed by atoms with van der Waals surface area (Å²) in [5, 5.41) is 3.07. The van der Waals surface area contributed by atoms with Crippen molar-refractivity contribution in [3.63, 3.8) is 0 Å². The molecular weight excluding hydrogens is 218 g/mol. The number of hydrogen-bond donors (Lipinski definition) is 3. The van der Waals surface area contributed by atoms with Crippen molar-refractivity contribution < 1.29 is 4.74 Å². The molecule has 4 N–H and O–H groups in total. The molecule has 0 atom stereocenters. The van der Waals surface area contributed by atoms with Gasteiger partial charge in [-0.2, -0.15) is 0 Å². The first kappa shape index (κ1) is 11.7. The first-order valence-electron chi connectivity index (χ1n) is 5.72. The van der Waals surface area contributed by atoms with Crippen molar-refractivity contribution in [2.75, 3.05) is 11.9 Å². The molecule has 1 heterocycles. The fourth-order valence-electron chi connectivity index (χ4n) is 1.32. The Bertz CT molecular complexity index is 385. The Labute approximate surface area is 100 Å². The Balaban J connectivity index is 1.96. The van der Waals surface area contributed by atoms with Gasteiger partial charge in [0.15, 0.2) is 0 Å². The summed E-state index contributed by atoms with van der Waals surface area (Å²) in [4.78, 5) is 8.51. The van der Waals surface area contributed by atoms with Crippen LogP contribution in [-0.2, 0) is 0 Å². The van der Waals surface area contributed by atoms with Gasteiger partial charge in [0.05, 0.1) is 24.5 Å². The SMILES string of the molecule is CCOc1ccc(NC(=NC2CC2)NN)cn1. The van der Waals surface area contributed by atoms with Gasteiger partial charge < -0.3 is 10.1 Å².